The van der Waals surface area contributed by atoms with Gasteiger partial charge in [0, 0.05) is 27.5 Å². The van der Waals surface area contributed by atoms with E-state index in [-0.39, 0.29) is 0 Å². The standard InChI is InChI=1S/C40H25N3/c1-2-12-30(13-3-1)43-37-33-16-4-6-18-35(33)41-31-14-8-10-28(24-31)26-20-22-27(23-21-26)29-11-9-15-32(25-29)42-36-19-7-5-17-34(36)38(43)40(42)39(37)41/h1-25H. The predicted octanol–water partition coefficient (Wildman–Crippen LogP) is 10.5. The molecule has 0 N–H and O–H groups in total. The maximum Gasteiger partial charge on any atom is 0.0975 e. The first-order valence-corrected chi connectivity index (χ1v) is 14.8. The summed E-state index contributed by atoms with van der Waals surface area (Å²) in [5.41, 5.74) is 10.7. The predicted molar refractivity (Wildman–Crippen MR) is 182 cm³/mol. The zero-order valence-corrected chi connectivity index (χ0v) is 23.3. The van der Waals surface area contributed by atoms with Crippen LogP contribution in [-0.4, -0.2) is 13.4 Å². The van der Waals surface area contributed by atoms with Gasteiger partial charge in [-0.25, -0.2) is 0 Å². The molecule has 11 rings (SSSR count). The lowest BCUT2D eigenvalue weighted by Gasteiger charge is -2.07. The van der Waals surface area contributed by atoms with Crippen LogP contribution < -0.4 is 0 Å². The Morgan fingerprint density at radius 1 is 0.326 bits per heavy atom. The summed E-state index contributed by atoms with van der Waals surface area (Å²) in [6, 6.07) is 55.5. The summed E-state index contributed by atoms with van der Waals surface area (Å²) >= 11 is 0. The Labute approximate surface area is 246 Å². The molecule has 0 fully saturated rings. The van der Waals surface area contributed by atoms with Gasteiger partial charge in [-0.3, -0.25) is 0 Å². The van der Waals surface area contributed by atoms with Gasteiger partial charge in [-0.2, -0.15) is 0 Å². The molecule has 5 heterocycles. The van der Waals surface area contributed by atoms with Crippen LogP contribution in [0, 0.1) is 0 Å². The molecule has 3 nitrogen and oxygen atoms in total. The zero-order valence-electron chi connectivity index (χ0n) is 23.3. The first-order valence-electron chi connectivity index (χ1n) is 14.8. The van der Waals surface area contributed by atoms with E-state index in [1.807, 2.05) is 0 Å². The van der Waals surface area contributed by atoms with E-state index in [1.54, 1.807) is 0 Å². The molecule has 0 spiro atoms. The van der Waals surface area contributed by atoms with Gasteiger partial charge in [0.1, 0.15) is 0 Å². The molecule has 200 valence electrons. The Kier molecular flexibility index (Phi) is 4.45. The van der Waals surface area contributed by atoms with Crippen LogP contribution in [0.1, 0.15) is 0 Å². The van der Waals surface area contributed by atoms with Crippen LogP contribution in [0.15, 0.2) is 152 Å². The number of aromatic nitrogens is 3. The third kappa shape index (κ3) is 3.03. The summed E-state index contributed by atoms with van der Waals surface area (Å²) in [4.78, 5) is 0. The maximum atomic E-state index is 2.49. The van der Waals surface area contributed by atoms with Crippen LogP contribution in [0.4, 0.5) is 0 Å². The Balaban J connectivity index is 1.65. The van der Waals surface area contributed by atoms with Crippen molar-refractivity contribution in [2.75, 3.05) is 0 Å². The third-order valence-corrected chi connectivity index (χ3v) is 9.14. The molecule has 0 aliphatic heterocycles. The molecule has 3 heteroatoms. The normalized spacial score (nSPS) is 12.2. The lowest BCUT2D eigenvalue weighted by molar-refractivity contribution is 1.19. The highest BCUT2D eigenvalue weighted by Gasteiger charge is 2.25. The second-order valence-corrected chi connectivity index (χ2v) is 11.4. The number of hydrogen-bond donors (Lipinski definition) is 0. The molecule has 43 heavy (non-hydrogen) atoms. The fraction of sp³-hybridized carbons (Fsp3) is 0. The van der Waals surface area contributed by atoms with Gasteiger partial charge in [0.2, 0.25) is 0 Å². The quantitative estimate of drug-likeness (QED) is 0.194. The minimum atomic E-state index is 1.16. The fourth-order valence-electron chi connectivity index (χ4n) is 7.32. The molecule has 0 atom stereocenters. The number of benzene rings is 6. The van der Waals surface area contributed by atoms with E-state index < -0.39 is 0 Å². The Bertz CT molecular complexity index is 2580. The minimum Gasteiger partial charge on any atom is -0.306 e. The second-order valence-electron chi connectivity index (χ2n) is 11.4. The summed E-state index contributed by atoms with van der Waals surface area (Å²) < 4.78 is 7.45. The molecule has 0 amide bonds. The van der Waals surface area contributed by atoms with E-state index in [0.717, 1.165) is 16.7 Å². The first kappa shape index (κ1) is 22.8. The average molecular weight is 548 g/mol. The van der Waals surface area contributed by atoms with E-state index in [1.165, 1.54) is 65.4 Å². The lowest BCUT2D eigenvalue weighted by Crippen LogP contribution is -1.92. The molecule has 0 saturated carbocycles. The molecule has 6 aromatic carbocycles. The highest BCUT2D eigenvalue weighted by molar-refractivity contribution is 6.25. The van der Waals surface area contributed by atoms with Crippen molar-refractivity contribution >= 4 is 76.5 Å². The van der Waals surface area contributed by atoms with E-state index >= 15 is 0 Å². The molecule has 6 bridgehead atoms. The second kappa shape index (κ2) is 8.37. The number of para-hydroxylation sites is 3. The summed E-state index contributed by atoms with van der Waals surface area (Å²) in [5, 5.41) is 7.32. The Morgan fingerprint density at radius 3 is 1.30 bits per heavy atom. The molecule has 0 unspecified atom stereocenters. The zero-order chi connectivity index (χ0) is 28.1. The van der Waals surface area contributed by atoms with Crippen LogP contribution >= 0.6 is 0 Å². The molecular weight excluding hydrogens is 522 g/mol. The highest BCUT2D eigenvalue weighted by Crippen LogP contribution is 2.43. The van der Waals surface area contributed by atoms with Crippen molar-refractivity contribution in [1.29, 1.82) is 0 Å². The van der Waals surface area contributed by atoms with Gasteiger partial charge in [-0.1, -0.05) is 103 Å². The van der Waals surface area contributed by atoms with Gasteiger partial charge < -0.3 is 13.4 Å². The van der Waals surface area contributed by atoms with Crippen LogP contribution in [0.3, 0.4) is 0 Å². The van der Waals surface area contributed by atoms with Gasteiger partial charge in [0.05, 0.1) is 33.1 Å². The Hall–Kier alpha value is -5.80. The lowest BCUT2D eigenvalue weighted by atomic mass is 10.1. The van der Waals surface area contributed by atoms with Crippen LogP contribution in [-0.2, 0) is 0 Å². The fourth-order valence-corrected chi connectivity index (χ4v) is 7.32. The van der Waals surface area contributed by atoms with Gasteiger partial charge in [-0.05, 0) is 70.1 Å². The smallest absolute Gasteiger partial charge is 0.0975 e. The van der Waals surface area contributed by atoms with E-state index in [9.17, 15) is 0 Å². The number of fused-ring (bicyclic) bond motifs is 6. The molecule has 5 aromatic heterocycles. The monoisotopic (exact) mass is 547 g/mol. The third-order valence-electron chi connectivity index (χ3n) is 9.14. The number of rotatable bonds is 1. The van der Waals surface area contributed by atoms with Crippen LogP contribution in [0.2, 0.25) is 0 Å². The molecule has 0 aliphatic carbocycles. The van der Waals surface area contributed by atoms with Crippen molar-refractivity contribution in [3.8, 4) is 5.69 Å². The van der Waals surface area contributed by atoms with Crippen molar-refractivity contribution in [1.82, 2.24) is 13.4 Å². The summed E-state index contributed by atoms with van der Waals surface area (Å²) in [6.07, 6.45) is 0. The van der Waals surface area contributed by atoms with E-state index in [2.05, 4.69) is 165 Å². The number of hydrogen-bond acceptors (Lipinski definition) is 0. The minimum absolute atomic E-state index is 1.16. The molecule has 11 aromatic rings. The highest BCUT2D eigenvalue weighted by atomic mass is 15.1. The van der Waals surface area contributed by atoms with E-state index in [0.29, 0.717) is 0 Å². The van der Waals surface area contributed by atoms with Crippen molar-refractivity contribution < 1.29 is 0 Å². The van der Waals surface area contributed by atoms with Crippen LogP contribution in [0.25, 0.3) is 82.1 Å². The van der Waals surface area contributed by atoms with Crippen molar-refractivity contribution in [2.24, 2.45) is 0 Å². The SMILES string of the molecule is c1ccc(-n2c3c4ccccc4n4c5cccc(c5)c5ccc(cc5)c5cccc(c5)n5c6ccccc6c2c5c34)cc1. The van der Waals surface area contributed by atoms with Crippen LogP contribution in [0.5, 0.6) is 0 Å². The largest absolute Gasteiger partial charge is 0.306 e. The summed E-state index contributed by atoms with van der Waals surface area (Å²) in [6.45, 7) is 0. The average Bonchev–Trinajstić information content (AvgIpc) is 3.70. The molecule has 0 aliphatic rings. The van der Waals surface area contributed by atoms with Gasteiger partial charge >= 0.3 is 0 Å². The van der Waals surface area contributed by atoms with Crippen molar-refractivity contribution in [2.45, 2.75) is 0 Å². The van der Waals surface area contributed by atoms with Gasteiger partial charge in [0.15, 0.2) is 0 Å². The van der Waals surface area contributed by atoms with Crippen molar-refractivity contribution in [3.63, 3.8) is 0 Å². The van der Waals surface area contributed by atoms with Gasteiger partial charge in [-0.15, -0.1) is 0 Å². The number of nitrogens with zero attached hydrogens (tertiary/aromatic N) is 3. The first-order chi connectivity index (χ1) is 21.3. The van der Waals surface area contributed by atoms with Crippen molar-refractivity contribution in [3.05, 3.63) is 152 Å². The summed E-state index contributed by atoms with van der Waals surface area (Å²) in [7, 11) is 0. The summed E-state index contributed by atoms with van der Waals surface area (Å²) in [5.74, 6) is 0. The molecular formula is C40H25N3. The Morgan fingerprint density at radius 2 is 0.791 bits per heavy atom. The van der Waals surface area contributed by atoms with E-state index in [4.69, 9.17) is 0 Å². The maximum absolute atomic E-state index is 2.49. The topological polar surface area (TPSA) is 13.8 Å². The van der Waals surface area contributed by atoms with Gasteiger partial charge in [0.25, 0.3) is 0 Å². The molecule has 0 saturated heterocycles. The molecule has 0 radical (unpaired) electrons.